The van der Waals surface area contributed by atoms with Gasteiger partial charge in [0.1, 0.15) is 5.75 Å². The molecule has 0 fully saturated rings. The van der Waals surface area contributed by atoms with E-state index in [-0.39, 0.29) is 6.61 Å². The van der Waals surface area contributed by atoms with Crippen molar-refractivity contribution in [3.05, 3.63) is 29.8 Å². The number of nitrogens with one attached hydrogen (secondary N) is 1. The second-order valence-electron chi connectivity index (χ2n) is 5.32. The normalized spacial score (nSPS) is 19.7. The molecular formula is C15H23NO2. The molecule has 0 radical (unpaired) electrons. The minimum absolute atomic E-state index is 0.244. The van der Waals surface area contributed by atoms with Crippen LogP contribution in [0.25, 0.3) is 0 Å². The van der Waals surface area contributed by atoms with Crippen molar-refractivity contribution in [1.29, 1.82) is 0 Å². The molecule has 2 unspecified atom stereocenters. The van der Waals surface area contributed by atoms with E-state index < -0.39 is 0 Å². The molecular weight excluding hydrogens is 226 g/mol. The molecule has 1 heterocycles. The number of hydrogen-bond acceptors (Lipinski definition) is 3. The van der Waals surface area contributed by atoms with Crippen LogP contribution in [0.15, 0.2) is 24.3 Å². The van der Waals surface area contributed by atoms with Crippen molar-refractivity contribution in [3.8, 4) is 5.75 Å². The Morgan fingerprint density at radius 3 is 2.89 bits per heavy atom. The molecule has 3 heteroatoms. The largest absolute Gasteiger partial charge is 0.493 e. The lowest BCUT2D eigenvalue weighted by Gasteiger charge is -2.23. The Hall–Kier alpha value is -1.06. The summed E-state index contributed by atoms with van der Waals surface area (Å²) in [5, 5.41) is 12.6. The maximum Gasteiger partial charge on any atom is 0.122 e. The van der Waals surface area contributed by atoms with Crippen LogP contribution in [0.3, 0.4) is 0 Å². The van der Waals surface area contributed by atoms with E-state index in [1.165, 1.54) is 5.56 Å². The zero-order valence-corrected chi connectivity index (χ0v) is 11.2. The van der Waals surface area contributed by atoms with E-state index in [4.69, 9.17) is 9.84 Å². The monoisotopic (exact) mass is 249 g/mol. The van der Waals surface area contributed by atoms with Gasteiger partial charge in [0.15, 0.2) is 0 Å². The van der Waals surface area contributed by atoms with Crippen LogP contribution in [0.5, 0.6) is 5.75 Å². The Bertz CT molecular complexity index is 379. The molecule has 1 aliphatic rings. The fourth-order valence-corrected chi connectivity index (χ4v) is 2.50. The molecule has 0 spiro atoms. The first-order chi connectivity index (χ1) is 8.72. The predicted molar refractivity (Wildman–Crippen MR) is 73.0 cm³/mol. The zero-order chi connectivity index (χ0) is 13.0. The lowest BCUT2D eigenvalue weighted by Crippen LogP contribution is -2.37. The molecule has 1 aromatic rings. The smallest absolute Gasteiger partial charge is 0.122 e. The van der Waals surface area contributed by atoms with E-state index in [2.05, 4.69) is 31.3 Å². The molecule has 0 saturated carbocycles. The van der Waals surface area contributed by atoms with Crippen LogP contribution >= 0.6 is 0 Å². The average Bonchev–Trinajstić information content (AvgIpc) is 2.77. The van der Waals surface area contributed by atoms with Crippen LogP contribution in [0.2, 0.25) is 0 Å². The molecule has 3 nitrogen and oxygen atoms in total. The van der Waals surface area contributed by atoms with Crippen LogP contribution in [0.1, 0.15) is 31.7 Å². The number of para-hydroxylation sites is 1. The van der Waals surface area contributed by atoms with Crippen molar-refractivity contribution in [2.45, 2.75) is 32.2 Å². The number of aliphatic hydroxyl groups excluding tert-OH is 1. The highest BCUT2D eigenvalue weighted by Crippen LogP contribution is 2.33. The third-order valence-corrected chi connectivity index (χ3v) is 3.67. The minimum Gasteiger partial charge on any atom is -0.493 e. The third kappa shape index (κ3) is 3.03. The topological polar surface area (TPSA) is 41.5 Å². The van der Waals surface area contributed by atoms with E-state index in [1.54, 1.807) is 0 Å². The van der Waals surface area contributed by atoms with Gasteiger partial charge >= 0.3 is 0 Å². The molecule has 2 rings (SSSR count). The molecule has 1 aromatic carbocycles. The number of fused-ring (bicyclic) bond motifs is 1. The number of benzene rings is 1. The highest BCUT2D eigenvalue weighted by Gasteiger charge is 2.24. The van der Waals surface area contributed by atoms with Gasteiger partial charge in [-0.1, -0.05) is 32.0 Å². The van der Waals surface area contributed by atoms with E-state index in [9.17, 15) is 0 Å². The van der Waals surface area contributed by atoms with Crippen molar-refractivity contribution in [2.75, 3.05) is 19.8 Å². The summed E-state index contributed by atoms with van der Waals surface area (Å²) in [4.78, 5) is 0. The summed E-state index contributed by atoms with van der Waals surface area (Å²) in [5.74, 6) is 1.99. The first kappa shape index (κ1) is 13.4. The SMILES string of the molecule is CC(C)C(CCO)NCC1COc2ccccc21. The van der Waals surface area contributed by atoms with Crippen molar-refractivity contribution < 1.29 is 9.84 Å². The number of rotatable bonds is 6. The zero-order valence-electron chi connectivity index (χ0n) is 11.2. The van der Waals surface area contributed by atoms with Gasteiger partial charge in [0, 0.05) is 30.7 Å². The number of aliphatic hydroxyl groups is 1. The van der Waals surface area contributed by atoms with Crippen LogP contribution < -0.4 is 10.1 Å². The molecule has 0 aromatic heterocycles. The lowest BCUT2D eigenvalue weighted by molar-refractivity contribution is 0.240. The fraction of sp³-hybridized carbons (Fsp3) is 0.600. The Kier molecular flexibility index (Phi) is 4.61. The first-order valence-corrected chi connectivity index (χ1v) is 6.78. The highest BCUT2D eigenvalue weighted by atomic mass is 16.5. The Morgan fingerprint density at radius 1 is 1.39 bits per heavy atom. The summed E-state index contributed by atoms with van der Waals surface area (Å²) in [5.41, 5.74) is 1.30. The Labute approximate surface area is 109 Å². The second-order valence-corrected chi connectivity index (χ2v) is 5.32. The molecule has 2 atom stereocenters. The summed E-state index contributed by atoms with van der Waals surface area (Å²) in [6.07, 6.45) is 0.812. The average molecular weight is 249 g/mol. The van der Waals surface area contributed by atoms with Crippen LogP contribution in [-0.4, -0.2) is 30.9 Å². The summed E-state index contributed by atoms with van der Waals surface area (Å²) < 4.78 is 5.67. The molecule has 18 heavy (non-hydrogen) atoms. The van der Waals surface area contributed by atoms with Gasteiger partial charge < -0.3 is 15.2 Å². The maximum atomic E-state index is 9.07. The minimum atomic E-state index is 0.244. The van der Waals surface area contributed by atoms with Gasteiger partial charge in [-0.05, 0) is 18.4 Å². The van der Waals surface area contributed by atoms with E-state index in [0.717, 1.165) is 25.3 Å². The molecule has 0 aliphatic carbocycles. The van der Waals surface area contributed by atoms with Gasteiger partial charge in [-0.2, -0.15) is 0 Å². The van der Waals surface area contributed by atoms with Crippen molar-refractivity contribution >= 4 is 0 Å². The highest BCUT2D eigenvalue weighted by molar-refractivity contribution is 5.39. The number of ether oxygens (including phenoxy) is 1. The summed E-state index contributed by atoms with van der Waals surface area (Å²) in [6.45, 7) is 6.29. The van der Waals surface area contributed by atoms with Crippen LogP contribution in [0.4, 0.5) is 0 Å². The molecule has 0 amide bonds. The van der Waals surface area contributed by atoms with Crippen molar-refractivity contribution in [1.82, 2.24) is 5.32 Å². The van der Waals surface area contributed by atoms with Crippen molar-refractivity contribution in [2.24, 2.45) is 5.92 Å². The number of hydrogen-bond donors (Lipinski definition) is 2. The second kappa shape index (κ2) is 6.21. The van der Waals surface area contributed by atoms with Gasteiger partial charge in [-0.3, -0.25) is 0 Å². The molecule has 1 aliphatic heterocycles. The Balaban J connectivity index is 1.91. The maximum absolute atomic E-state index is 9.07. The summed E-state index contributed by atoms with van der Waals surface area (Å²) in [6, 6.07) is 8.63. The standard InChI is InChI=1S/C15H23NO2/c1-11(2)14(7-8-17)16-9-12-10-18-15-6-4-3-5-13(12)15/h3-6,11-12,14,16-17H,7-10H2,1-2H3. The lowest BCUT2D eigenvalue weighted by atomic mass is 9.98. The molecule has 2 N–H and O–H groups in total. The summed E-state index contributed by atoms with van der Waals surface area (Å²) in [7, 11) is 0. The predicted octanol–water partition coefficient (Wildman–Crippen LogP) is 2.16. The Morgan fingerprint density at radius 2 is 2.17 bits per heavy atom. The summed E-state index contributed by atoms with van der Waals surface area (Å²) >= 11 is 0. The molecule has 0 saturated heterocycles. The fourth-order valence-electron chi connectivity index (χ4n) is 2.50. The van der Waals surface area contributed by atoms with E-state index in [0.29, 0.717) is 17.9 Å². The van der Waals surface area contributed by atoms with Gasteiger partial charge in [-0.15, -0.1) is 0 Å². The van der Waals surface area contributed by atoms with Crippen LogP contribution in [-0.2, 0) is 0 Å². The first-order valence-electron chi connectivity index (χ1n) is 6.78. The molecule has 100 valence electrons. The van der Waals surface area contributed by atoms with E-state index in [1.807, 2.05) is 12.1 Å². The van der Waals surface area contributed by atoms with Crippen molar-refractivity contribution in [3.63, 3.8) is 0 Å². The quantitative estimate of drug-likeness (QED) is 0.812. The van der Waals surface area contributed by atoms with Gasteiger partial charge in [0.05, 0.1) is 6.61 Å². The van der Waals surface area contributed by atoms with Gasteiger partial charge in [0.25, 0.3) is 0 Å². The van der Waals surface area contributed by atoms with E-state index >= 15 is 0 Å². The van der Waals surface area contributed by atoms with Gasteiger partial charge in [-0.25, -0.2) is 0 Å². The molecule has 0 bridgehead atoms. The third-order valence-electron chi connectivity index (χ3n) is 3.67. The van der Waals surface area contributed by atoms with Gasteiger partial charge in [0.2, 0.25) is 0 Å². The van der Waals surface area contributed by atoms with Crippen LogP contribution in [0, 0.1) is 5.92 Å².